The molecule has 0 amide bonds. The van der Waals surface area contributed by atoms with Crippen LogP contribution < -0.4 is 15.0 Å². The van der Waals surface area contributed by atoms with Crippen molar-refractivity contribution in [2.45, 2.75) is 6.54 Å². The number of aromatic nitrogens is 3. The second-order valence-corrected chi connectivity index (χ2v) is 10.4. The number of rotatable bonds is 12. The lowest BCUT2D eigenvalue weighted by atomic mass is 10.0. The van der Waals surface area contributed by atoms with Crippen LogP contribution in [0.3, 0.4) is 0 Å². The molecule has 1 aromatic carbocycles. The summed E-state index contributed by atoms with van der Waals surface area (Å²) >= 11 is 0. The summed E-state index contributed by atoms with van der Waals surface area (Å²) in [5.41, 5.74) is 0.522. The van der Waals surface area contributed by atoms with Gasteiger partial charge in [0.15, 0.2) is 0 Å². The summed E-state index contributed by atoms with van der Waals surface area (Å²) in [5, 5.41) is 11.0. The summed E-state index contributed by atoms with van der Waals surface area (Å²) in [7, 11) is 7.70. The first kappa shape index (κ1) is 28.8. The summed E-state index contributed by atoms with van der Waals surface area (Å²) in [6, 6.07) is 7.56. The van der Waals surface area contributed by atoms with Crippen LogP contribution in [0.2, 0.25) is 0 Å². The minimum Gasteiger partial charge on any atom is -0.490 e. The molecule has 0 aliphatic rings. The van der Waals surface area contributed by atoms with Crippen molar-refractivity contribution in [3.8, 4) is 22.8 Å². The monoisotopic (exact) mass is 577 g/mol. The third-order valence-corrected chi connectivity index (χ3v) is 6.84. The van der Waals surface area contributed by atoms with Gasteiger partial charge in [-0.25, -0.2) is 14.2 Å². The first-order valence-electron chi connectivity index (χ1n) is 13.3. The minimum absolute atomic E-state index is 0.0433. The van der Waals surface area contributed by atoms with Crippen LogP contribution in [0.5, 0.6) is 11.6 Å². The lowest BCUT2D eigenvalue weighted by Crippen LogP contribution is -2.21. The molecule has 5 aromatic rings. The lowest BCUT2D eigenvalue weighted by Gasteiger charge is -2.17. The molecule has 0 aliphatic carbocycles. The molecule has 0 unspecified atom stereocenters. The standard InChI is InChI=1S/C30H32FN5O6/c1-34(2)9-12-40-23-16-33-24(41-13-10-35(3)4)14-18(23)17-36-22-15-21(31)19-7-11-42-28(19)26(22)25(27(36)30(38)39)20-6-5-8-32-29(20)37/h5-8,11,14-16H,9-10,12-13,17H2,1-4H3,(H,32,37)(H,38,39). The van der Waals surface area contributed by atoms with Crippen LogP contribution in [0.15, 0.2) is 58.2 Å². The molecular formula is C30H32FN5O6. The SMILES string of the molecule is CN(C)CCOc1cc(Cn2c(C(=O)O)c(-c3ccc[nH]c3=O)c3c4occc4c(F)cc32)c(OCCN(C)C)cn1. The Morgan fingerprint density at radius 2 is 1.86 bits per heavy atom. The van der Waals surface area contributed by atoms with E-state index in [9.17, 15) is 14.7 Å². The van der Waals surface area contributed by atoms with E-state index in [1.165, 1.54) is 41.4 Å². The molecule has 2 N–H and O–H groups in total. The zero-order chi connectivity index (χ0) is 30.0. The fraction of sp³-hybridized carbons (Fsp3) is 0.300. The number of pyridine rings is 2. The smallest absolute Gasteiger partial charge is 0.353 e. The molecule has 220 valence electrons. The van der Waals surface area contributed by atoms with Gasteiger partial charge in [-0.05, 0) is 52.5 Å². The fourth-order valence-electron chi connectivity index (χ4n) is 4.81. The number of carboxylic acid groups (broad SMARTS) is 1. The molecule has 0 aliphatic heterocycles. The van der Waals surface area contributed by atoms with Crippen molar-refractivity contribution in [1.82, 2.24) is 24.3 Å². The maximum Gasteiger partial charge on any atom is 0.353 e. The average molecular weight is 578 g/mol. The molecule has 11 nitrogen and oxygen atoms in total. The van der Waals surface area contributed by atoms with E-state index in [-0.39, 0.29) is 39.9 Å². The number of hydrogen-bond acceptors (Lipinski definition) is 8. The van der Waals surface area contributed by atoms with Gasteiger partial charge in [-0.3, -0.25) is 4.79 Å². The zero-order valence-electron chi connectivity index (χ0n) is 23.8. The molecule has 42 heavy (non-hydrogen) atoms. The number of nitrogens with zero attached hydrogens (tertiary/aromatic N) is 4. The van der Waals surface area contributed by atoms with Gasteiger partial charge in [-0.2, -0.15) is 0 Å². The molecular weight excluding hydrogens is 545 g/mol. The van der Waals surface area contributed by atoms with E-state index in [1.807, 2.05) is 38.0 Å². The van der Waals surface area contributed by atoms with E-state index in [0.717, 1.165) is 0 Å². The summed E-state index contributed by atoms with van der Waals surface area (Å²) < 4.78 is 34.4. The number of fused-ring (bicyclic) bond motifs is 3. The van der Waals surface area contributed by atoms with Gasteiger partial charge in [0.25, 0.3) is 5.56 Å². The number of ether oxygens (including phenoxy) is 2. The summed E-state index contributed by atoms with van der Waals surface area (Å²) in [6.45, 7) is 1.99. The Kier molecular flexibility index (Phi) is 8.27. The number of aromatic carboxylic acids is 1. The van der Waals surface area contributed by atoms with E-state index in [1.54, 1.807) is 12.1 Å². The van der Waals surface area contributed by atoms with Crippen LogP contribution in [0, 0.1) is 5.82 Å². The highest BCUT2D eigenvalue weighted by molar-refractivity contribution is 6.17. The molecule has 5 rings (SSSR count). The van der Waals surface area contributed by atoms with Gasteiger partial charge in [-0.1, -0.05) is 0 Å². The van der Waals surface area contributed by atoms with Crippen LogP contribution in [-0.2, 0) is 6.54 Å². The molecule has 0 fully saturated rings. The number of likely N-dealkylation sites (N-methyl/N-ethyl adjacent to an activating group) is 2. The quantitative estimate of drug-likeness (QED) is 0.227. The van der Waals surface area contributed by atoms with E-state index < -0.39 is 17.3 Å². The second kappa shape index (κ2) is 12.0. The number of carboxylic acids is 1. The molecule has 12 heteroatoms. The van der Waals surface area contributed by atoms with Crippen molar-refractivity contribution in [2.24, 2.45) is 0 Å². The van der Waals surface area contributed by atoms with Crippen molar-refractivity contribution >= 4 is 27.8 Å². The predicted octanol–water partition coefficient (Wildman–Crippen LogP) is 3.90. The largest absolute Gasteiger partial charge is 0.490 e. The molecule has 0 atom stereocenters. The molecule has 4 aromatic heterocycles. The second-order valence-electron chi connectivity index (χ2n) is 10.4. The van der Waals surface area contributed by atoms with E-state index in [0.29, 0.717) is 48.9 Å². The molecule has 0 saturated carbocycles. The maximum atomic E-state index is 15.3. The highest BCUT2D eigenvalue weighted by atomic mass is 19.1. The Hall–Kier alpha value is -4.68. The van der Waals surface area contributed by atoms with Crippen molar-refractivity contribution in [3.63, 3.8) is 0 Å². The van der Waals surface area contributed by atoms with Gasteiger partial charge < -0.3 is 38.3 Å². The number of H-pyrrole nitrogens is 1. The first-order valence-corrected chi connectivity index (χ1v) is 13.3. The minimum atomic E-state index is -1.30. The molecule has 0 spiro atoms. The van der Waals surface area contributed by atoms with Gasteiger partial charge >= 0.3 is 5.97 Å². The molecule has 0 bridgehead atoms. The van der Waals surface area contributed by atoms with Crippen LogP contribution in [0.1, 0.15) is 16.1 Å². The normalized spacial score (nSPS) is 11.7. The van der Waals surface area contributed by atoms with Gasteiger partial charge in [0.2, 0.25) is 5.88 Å². The highest BCUT2D eigenvalue weighted by Crippen LogP contribution is 2.40. The summed E-state index contributed by atoms with van der Waals surface area (Å²) in [6.07, 6.45) is 4.33. The number of hydrogen-bond donors (Lipinski definition) is 2. The Bertz CT molecular complexity index is 1810. The zero-order valence-corrected chi connectivity index (χ0v) is 23.8. The van der Waals surface area contributed by atoms with Crippen LogP contribution in [0.25, 0.3) is 33.0 Å². The lowest BCUT2D eigenvalue weighted by molar-refractivity contribution is 0.0687. The number of nitrogens with one attached hydrogen (secondary N) is 1. The Morgan fingerprint density at radius 1 is 1.12 bits per heavy atom. The van der Waals surface area contributed by atoms with E-state index in [4.69, 9.17) is 13.9 Å². The van der Waals surface area contributed by atoms with E-state index >= 15 is 4.39 Å². The Morgan fingerprint density at radius 3 is 2.55 bits per heavy atom. The van der Waals surface area contributed by atoms with Crippen molar-refractivity contribution in [3.05, 3.63) is 76.4 Å². The summed E-state index contributed by atoms with van der Waals surface area (Å²) in [5.74, 6) is -1.12. The van der Waals surface area contributed by atoms with Crippen LogP contribution in [0.4, 0.5) is 4.39 Å². The third kappa shape index (κ3) is 5.71. The Balaban J connectivity index is 1.73. The third-order valence-electron chi connectivity index (χ3n) is 6.84. The van der Waals surface area contributed by atoms with Crippen molar-refractivity contribution < 1.29 is 28.2 Å². The first-order chi connectivity index (χ1) is 20.2. The highest BCUT2D eigenvalue weighted by Gasteiger charge is 2.29. The average Bonchev–Trinajstić information content (AvgIpc) is 3.54. The maximum absolute atomic E-state index is 15.3. The molecule has 4 heterocycles. The van der Waals surface area contributed by atoms with Crippen LogP contribution >= 0.6 is 0 Å². The number of halogens is 1. The number of aromatic amines is 1. The number of carbonyl (C=O) groups is 1. The number of furan rings is 1. The molecule has 0 radical (unpaired) electrons. The van der Waals surface area contributed by atoms with Crippen molar-refractivity contribution in [2.75, 3.05) is 54.5 Å². The molecule has 0 saturated heterocycles. The van der Waals surface area contributed by atoms with Crippen molar-refractivity contribution in [1.29, 1.82) is 0 Å². The summed E-state index contributed by atoms with van der Waals surface area (Å²) in [4.78, 5) is 36.8. The predicted molar refractivity (Wildman–Crippen MR) is 156 cm³/mol. The van der Waals surface area contributed by atoms with Gasteiger partial charge in [0.1, 0.15) is 36.1 Å². The van der Waals surface area contributed by atoms with Crippen LogP contribution in [-0.4, -0.2) is 89.9 Å². The number of benzene rings is 1. The van der Waals surface area contributed by atoms with Gasteiger partial charge in [0.05, 0.1) is 40.9 Å². The fourth-order valence-corrected chi connectivity index (χ4v) is 4.81. The topological polar surface area (TPSA) is 126 Å². The van der Waals surface area contributed by atoms with E-state index in [2.05, 4.69) is 9.97 Å². The van der Waals surface area contributed by atoms with Gasteiger partial charge in [0, 0.05) is 36.5 Å². The Labute approximate surface area is 240 Å². The van der Waals surface area contributed by atoms with Gasteiger partial charge in [-0.15, -0.1) is 0 Å².